The largest absolute Gasteiger partial charge is 0.313 e. The minimum atomic E-state index is 0.490. The Labute approximate surface area is 134 Å². The van der Waals surface area contributed by atoms with E-state index in [1.165, 1.54) is 38.6 Å². The van der Waals surface area contributed by atoms with E-state index in [4.69, 9.17) is 0 Å². The van der Waals surface area contributed by atoms with Crippen molar-refractivity contribution in [3.8, 4) is 0 Å². The van der Waals surface area contributed by atoms with Gasteiger partial charge in [0.25, 0.3) is 0 Å². The Hall–Kier alpha value is -0.0800. The summed E-state index contributed by atoms with van der Waals surface area (Å²) in [5.74, 6) is 0.875. The minimum absolute atomic E-state index is 0.490. The Bertz CT molecular complexity index is 287. The molecule has 1 N–H and O–H groups in total. The van der Waals surface area contributed by atoms with E-state index in [9.17, 15) is 0 Å². The van der Waals surface area contributed by atoms with Crippen LogP contribution in [0.3, 0.4) is 0 Å². The summed E-state index contributed by atoms with van der Waals surface area (Å²) in [4.78, 5) is 2.77. The Balaban J connectivity index is 2.90. The maximum absolute atomic E-state index is 3.78. The van der Waals surface area contributed by atoms with Crippen molar-refractivity contribution in [2.75, 3.05) is 13.1 Å². The predicted octanol–water partition coefficient (Wildman–Crippen LogP) is 4.69. The van der Waals surface area contributed by atoms with Crippen molar-refractivity contribution in [3.63, 3.8) is 0 Å². The summed E-state index contributed by atoms with van der Waals surface area (Å²) in [6.07, 6.45) is 6.67. The summed E-state index contributed by atoms with van der Waals surface area (Å²) in [6.45, 7) is 18.9. The molecule has 1 saturated carbocycles. The number of nitrogens with zero attached hydrogens (tertiary/aromatic N) is 1. The number of hydrogen-bond acceptors (Lipinski definition) is 2. The molecule has 2 nitrogen and oxygen atoms in total. The van der Waals surface area contributed by atoms with Crippen LogP contribution in [-0.2, 0) is 0 Å². The van der Waals surface area contributed by atoms with Crippen LogP contribution < -0.4 is 5.32 Å². The van der Waals surface area contributed by atoms with Crippen LogP contribution in [0.2, 0.25) is 0 Å². The number of rotatable bonds is 8. The van der Waals surface area contributed by atoms with Crippen molar-refractivity contribution in [1.82, 2.24) is 10.2 Å². The lowest BCUT2D eigenvalue weighted by Crippen LogP contribution is -2.56. The van der Waals surface area contributed by atoms with Crippen LogP contribution in [0.4, 0.5) is 0 Å². The molecule has 4 unspecified atom stereocenters. The standard InChI is InChI=1S/C19H40N2/c1-8-15(5)21(11-4)18-14-16(19(6,7)9-2)12-13-17(18)20-10-3/h15-18,20H,8-14H2,1-7H3. The molecule has 0 aromatic rings. The highest BCUT2D eigenvalue weighted by Gasteiger charge is 2.39. The number of likely N-dealkylation sites (N-methyl/N-ethyl adjacent to an activating group) is 2. The van der Waals surface area contributed by atoms with Crippen LogP contribution in [0, 0.1) is 11.3 Å². The molecule has 0 aliphatic heterocycles. The highest BCUT2D eigenvalue weighted by Crippen LogP contribution is 2.42. The zero-order valence-corrected chi connectivity index (χ0v) is 15.7. The van der Waals surface area contributed by atoms with E-state index in [1.807, 2.05) is 0 Å². The molecule has 2 heteroatoms. The fourth-order valence-electron chi connectivity index (χ4n) is 4.12. The maximum atomic E-state index is 3.78. The Morgan fingerprint density at radius 2 is 1.81 bits per heavy atom. The topological polar surface area (TPSA) is 15.3 Å². The molecule has 1 aliphatic carbocycles. The van der Waals surface area contributed by atoms with Gasteiger partial charge in [0.1, 0.15) is 0 Å². The molecular formula is C19H40N2. The van der Waals surface area contributed by atoms with E-state index < -0.39 is 0 Å². The highest BCUT2D eigenvalue weighted by molar-refractivity contribution is 4.95. The molecule has 0 amide bonds. The molecule has 126 valence electrons. The smallest absolute Gasteiger partial charge is 0.0254 e. The zero-order chi connectivity index (χ0) is 16.0. The first kappa shape index (κ1) is 19.0. The number of hydrogen-bond donors (Lipinski definition) is 1. The van der Waals surface area contributed by atoms with Gasteiger partial charge in [0, 0.05) is 18.1 Å². The fourth-order valence-corrected chi connectivity index (χ4v) is 4.12. The zero-order valence-electron chi connectivity index (χ0n) is 15.7. The Morgan fingerprint density at radius 3 is 2.29 bits per heavy atom. The monoisotopic (exact) mass is 296 g/mol. The Morgan fingerprint density at radius 1 is 1.14 bits per heavy atom. The molecule has 1 rings (SSSR count). The third-order valence-electron chi connectivity index (χ3n) is 6.25. The van der Waals surface area contributed by atoms with Gasteiger partial charge in [-0.2, -0.15) is 0 Å². The van der Waals surface area contributed by atoms with Crippen LogP contribution >= 0.6 is 0 Å². The quantitative estimate of drug-likeness (QED) is 0.699. The lowest BCUT2D eigenvalue weighted by atomic mass is 9.67. The van der Waals surface area contributed by atoms with E-state index in [0.717, 1.165) is 18.5 Å². The second kappa shape index (κ2) is 8.53. The van der Waals surface area contributed by atoms with Gasteiger partial charge in [-0.3, -0.25) is 4.90 Å². The van der Waals surface area contributed by atoms with Crippen LogP contribution in [0.15, 0.2) is 0 Å². The molecule has 21 heavy (non-hydrogen) atoms. The van der Waals surface area contributed by atoms with Crippen molar-refractivity contribution in [3.05, 3.63) is 0 Å². The van der Waals surface area contributed by atoms with Gasteiger partial charge >= 0.3 is 0 Å². The van der Waals surface area contributed by atoms with E-state index >= 15 is 0 Å². The SMILES string of the molecule is CCNC1CCC(C(C)(C)CC)CC1N(CC)C(C)CC. The van der Waals surface area contributed by atoms with Crippen molar-refractivity contribution in [1.29, 1.82) is 0 Å². The molecule has 4 atom stereocenters. The van der Waals surface area contributed by atoms with Crippen molar-refractivity contribution in [2.24, 2.45) is 11.3 Å². The molecule has 0 bridgehead atoms. The van der Waals surface area contributed by atoms with Gasteiger partial charge < -0.3 is 5.32 Å². The van der Waals surface area contributed by atoms with E-state index in [2.05, 4.69) is 58.7 Å². The van der Waals surface area contributed by atoms with Crippen molar-refractivity contribution in [2.45, 2.75) is 98.7 Å². The average molecular weight is 297 g/mol. The molecule has 0 spiro atoms. The highest BCUT2D eigenvalue weighted by atomic mass is 15.2. The van der Waals surface area contributed by atoms with Gasteiger partial charge in [-0.15, -0.1) is 0 Å². The lowest BCUT2D eigenvalue weighted by molar-refractivity contribution is 0.0328. The van der Waals surface area contributed by atoms with Crippen molar-refractivity contribution >= 4 is 0 Å². The van der Waals surface area contributed by atoms with Gasteiger partial charge in [0.05, 0.1) is 0 Å². The van der Waals surface area contributed by atoms with Crippen molar-refractivity contribution < 1.29 is 0 Å². The predicted molar refractivity (Wildman–Crippen MR) is 94.8 cm³/mol. The van der Waals surface area contributed by atoms with Crippen LogP contribution in [-0.4, -0.2) is 36.1 Å². The Kier molecular flexibility index (Phi) is 7.70. The van der Waals surface area contributed by atoms with E-state index in [-0.39, 0.29) is 0 Å². The molecule has 0 heterocycles. The summed E-state index contributed by atoms with van der Waals surface area (Å²) >= 11 is 0. The third kappa shape index (κ3) is 4.69. The first-order chi connectivity index (χ1) is 9.91. The molecule has 1 aliphatic rings. The normalized spacial score (nSPS) is 28.9. The molecule has 1 fully saturated rings. The first-order valence-electron chi connectivity index (χ1n) is 9.40. The van der Waals surface area contributed by atoms with Gasteiger partial charge in [-0.1, -0.05) is 48.0 Å². The molecular weight excluding hydrogens is 256 g/mol. The summed E-state index contributed by atoms with van der Waals surface area (Å²) in [5, 5.41) is 3.78. The van der Waals surface area contributed by atoms with E-state index in [0.29, 0.717) is 17.5 Å². The lowest BCUT2D eigenvalue weighted by Gasteiger charge is -2.48. The molecule has 0 saturated heterocycles. The summed E-state index contributed by atoms with van der Waals surface area (Å²) in [6, 6.07) is 2.10. The summed E-state index contributed by atoms with van der Waals surface area (Å²) in [5.41, 5.74) is 0.490. The molecule has 0 aromatic carbocycles. The number of nitrogens with one attached hydrogen (secondary N) is 1. The van der Waals surface area contributed by atoms with Gasteiger partial charge in [-0.25, -0.2) is 0 Å². The minimum Gasteiger partial charge on any atom is -0.313 e. The molecule has 0 aromatic heterocycles. The van der Waals surface area contributed by atoms with Gasteiger partial charge in [-0.05, 0) is 57.0 Å². The fraction of sp³-hybridized carbons (Fsp3) is 1.00. The average Bonchev–Trinajstić information content (AvgIpc) is 2.49. The summed E-state index contributed by atoms with van der Waals surface area (Å²) in [7, 11) is 0. The second-order valence-electron chi connectivity index (χ2n) is 7.67. The van der Waals surface area contributed by atoms with E-state index in [1.54, 1.807) is 0 Å². The van der Waals surface area contributed by atoms with Gasteiger partial charge in [0.15, 0.2) is 0 Å². The second-order valence-corrected chi connectivity index (χ2v) is 7.67. The van der Waals surface area contributed by atoms with Crippen LogP contribution in [0.25, 0.3) is 0 Å². The maximum Gasteiger partial charge on any atom is 0.0254 e. The third-order valence-corrected chi connectivity index (χ3v) is 6.25. The first-order valence-corrected chi connectivity index (χ1v) is 9.40. The van der Waals surface area contributed by atoms with Gasteiger partial charge in [0.2, 0.25) is 0 Å². The van der Waals surface area contributed by atoms with Crippen LogP contribution in [0.5, 0.6) is 0 Å². The molecule has 0 radical (unpaired) electrons. The van der Waals surface area contributed by atoms with Crippen LogP contribution in [0.1, 0.15) is 80.6 Å². The summed E-state index contributed by atoms with van der Waals surface area (Å²) < 4.78 is 0.